The van der Waals surface area contributed by atoms with E-state index in [0.717, 1.165) is 12.8 Å². The summed E-state index contributed by atoms with van der Waals surface area (Å²) in [6.07, 6.45) is 14.6. The van der Waals surface area contributed by atoms with Crippen LogP contribution in [0.4, 0.5) is 0 Å². The van der Waals surface area contributed by atoms with Gasteiger partial charge in [0, 0.05) is 32.6 Å². The SMILES string of the molecule is CCCCCCCCCCCCCC(=O)NCCN(CCO)CCC(=O)O. The number of rotatable bonds is 20. The van der Waals surface area contributed by atoms with E-state index in [2.05, 4.69) is 12.2 Å². The van der Waals surface area contributed by atoms with Crippen molar-refractivity contribution >= 4 is 11.9 Å². The Morgan fingerprint density at radius 3 is 1.85 bits per heavy atom. The molecule has 6 nitrogen and oxygen atoms in total. The molecule has 0 atom stereocenters. The van der Waals surface area contributed by atoms with Crippen LogP contribution < -0.4 is 5.32 Å². The number of hydrogen-bond acceptors (Lipinski definition) is 4. The van der Waals surface area contributed by atoms with Crippen molar-refractivity contribution in [1.29, 1.82) is 0 Å². The minimum atomic E-state index is -0.849. The predicted octanol–water partition coefficient (Wildman–Crippen LogP) is 3.57. The molecule has 1 amide bonds. The molecule has 3 N–H and O–H groups in total. The fourth-order valence-corrected chi connectivity index (χ4v) is 3.12. The third-order valence-electron chi connectivity index (χ3n) is 4.82. The quantitative estimate of drug-likeness (QED) is 0.278. The molecule has 0 rings (SSSR count). The summed E-state index contributed by atoms with van der Waals surface area (Å²) < 4.78 is 0. The lowest BCUT2D eigenvalue weighted by atomic mass is 10.1. The minimum Gasteiger partial charge on any atom is -0.481 e. The summed E-state index contributed by atoms with van der Waals surface area (Å²) in [6.45, 7) is 4.13. The number of nitrogens with one attached hydrogen (secondary N) is 1. The summed E-state index contributed by atoms with van der Waals surface area (Å²) in [4.78, 5) is 24.3. The van der Waals surface area contributed by atoms with E-state index < -0.39 is 5.97 Å². The van der Waals surface area contributed by atoms with E-state index in [1.54, 1.807) is 0 Å². The summed E-state index contributed by atoms with van der Waals surface area (Å²) in [5, 5.41) is 20.6. The average molecular weight is 387 g/mol. The number of hydrogen-bond donors (Lipinski definition) is 3. The van der Waals surface area contributed by atoms with Crippen LogP contribution in [0.1, 0.15) is 90.4 Å². The maximum absolute atomic E-state index is 11.8. The van der Waals surface area contributed by atoms with Crippen molar-refractivity contribution in [2.24, 2.45) is 0 Å². The molecular formula is C21H42N2O4. The van der Waals surface area contributed by atoms with E-state index in [0.29, 0.717) is 32.6 Å². The Hall–Kier alpha value is -1.14. The number of unbranched alkanes of at least 4 members (excludes halogenated alkanes) is 10. The zero-order valence-electron chi connectivity index (χ0n) is 17.4. The van der Waals surface area contributed by atoms with Gasteiger partial charge in [-0.05, 0) is 6.42 Å². The van der Waals surface area contributed by atoms with Crippen LogP contribution in [0.15, 0.2) is 0 Å². The number of aliphatic hydroxyl groups is 1. The minimum absolute atomic E-state index is 0.00763. The topological polar surface area (TPSA) is 89.9 Å². The van der Waals surface area contributed by atoms with Crippen molar-refractivity contribution in [2.45, 2.75) is 90.4 Å². The highest BCUT2D eigenvalue weighted by Gasteiger charge is 2.08. The molecule has 160 valence electrons. The van der Waals surface area contributed by atoms with Crippen molar-refractivity contribution in [2.75, 3.05) is 32.8 Å². The van der Waals surface area contributed by atoms with Crippen molar-refractivity contribution < 1.29 is 19.8 Å². The second kappa shape index (κ2) is 19.6. The highest BCUT2D eigenvalue weighted by atomic mass is 16.4. The molecule has 0 aromatic carbocycles. The highest BCUT2D eigenvalue weighted by Crippen LogP contribution is 2.11. The molecule has 0 spiro atoms. The van der Waals surface area contributed by atoms with E-state index in [1.165, 1.54) is 57.8 Å². The largest absolute Gasteiger partial charge is 0.481 e. The van der Waals surface area contributed by atoms with Gasteiger partial charge in [-0.15, -0.1) is 0 Å². The molecule has 0 unspecified atom stereocenters. The Labute approximate surface area is 165 Å². The van der Waals surface area contributed by atoms with Gasteiger partial charge in [-0.25, -0.2) is 0 Å². The highest BCUT2D eigenvalue weighted by molar-refractivity contribution is 5.75. The number of carboxylic acids is 1. The van der Waals surface area contributed by atoms with E-state index in [9.17, 15) is 9.59 Å². The van der Waals surface area contributed by atoms with Gasteiger partial charge in [0.25, 0.3) is 0 Å². The smallest absolute Gasteiger partial charge is 0.304 e. The number of carbonyl (C=O) groups excluding carboxylic acids is 1. The van der Waals surface area contributed by atoms with Gasteiger partial charge in [0.1, 0.15) is 0 Å². The summed E-state index contributed by atoms with van der Waals surface area (Å²) in [6, 6.07) is 0. The molecule has 0 heterocycles. The van der Waals surface area contributed by atoms with E-state index >= 15 is 0 Å². The van der Waals surface area contributed by atoms with Gasteiger partial charge in [-0.2, -0.15) is 0 Å². The van der Waals surface area contributed by atoms with Gasteiger partial charge < -0.3 is 15.5 Å². The molecule has 0 saturated heterocycles. The van der Waals surface area contributed by atoms with Gasteiger partial charge in [-0.3, -0.25) is 14.5 Å². The fraction of sp³-hybridized carbons (Fsp3) is 0.905. The lowest BCUT2D eigenvalue weighted by Crippen LogP contribution is -2.37. The number of carboxylic acid groups (broad SMARTS) is 1. The van der Waals surface area contributed by atoms with E-state index in [-0.39, 0.29) is 18.9 Å². The second-order valence-electron chi connectivity index (χ2n) is 7.34. The lowest BCUT2D eigenvalue weighted by Gasteiger charge is -2.20. The van der Waals surface area contributed by atoms with Crippen LogP contribution in [-0.4, -0.2) is 59.8 Å². The first-order valence-electron chi connectivity index (χ1n) is 10.9. The van der Waals surface area contributed by atoms with Crippen LogP contribution in [0, 0.1) is 0 Å². The first-order chi connectivity index (χ1) is 13.1. The Kier molecular flexibility index (Phi) is 18.8. The third-order valence-corrected chi connectivity index (χ3v) is 4.82. The first-order valence-corrected chi connectivity index (χ1v) is 10.9. The van der Waals surface area contributed by atoms with E-state index in [1.807, 2.05) is 4.90 Å². The molecule has 0 aliphatic rings. The summed E-state index contributed by atoms with van der Waals surface area (Å²) in [7, 11) is 0. The van der Waals surface area contributed by atoms with Crippen molar-refractivity contribution in [3.63, 3.8) is 0 Å². The molecule has 0 fully saturated rings. The summed E-state index contributed by atoms with van der Waals surface area (Å²) >= 11 is 0. The van der Waals surface area contributed by atoms with Crippen molar-refractivity contribution in [1.82, 2.24) is 10.2 Å². The van der Waals surface area contributed by atoms with Crippen LogP contribution in [0.2, 0.25) is 0 Å². The van der Waals surface area contributed by atoms with Gasteiger partial charge >= 0.3 is 5.97 Å². The second-order valence-corrected chi connectivity index (χ2v) is 7.34. The molecule has 0 radical (unpaired) electrons. The van der Waals surface area contributed by atoms with Crippen molar-refractivity contribution in [3.05, 3.63) is 0 Å². The molecule has 0 saturated carbocycles. The Morgan fingerprint density at radius 2 is 1.33 bits per heavy atom. The Bertz CT molecular complexity index is 364. The zero-order chi connectivity index (χ0) is 20.2. The van der Waals surface area contributed by atoms with Crippen LogP contribution in [0.5, 0.6) is 0 Å². The molecule has 27 heavy (non-hydrogen) atoms. The Balaban J connectivity index is 3.48. The monoisotopic (exact) mass is 386 g/mol. The third kappa shape index (κ3) is 19.4. The number of carbonyl (C=O) groups is 2. The molecule has 0 aliphatic carbocycles. The molecule has 0 bridgehead atoms. The van der Waals surface area contributed by atoms with Gasteiger partial charge in [-0.1, -0.05) is 71.1 Å². The van der Waals surface area contributed by atoms with Gasteiger partial charge in [0.05, 0.1) is 13.0 Å². The standard InChI is InChI=1S/C21H42N2O4/c1-2-3-4-5-6-7-8-9-10-11-12-13-20(25)22-15-17-23(18-19-24)16-14-21(26)27/h24H,2-19H2,1H3,(H,22,25)(H,26,27). The van der Waals surface area contributed by atoms with Crippen LogP contribution in [0.3, 0.4) is 0 Å². The number of nitrogens with zero attached hydrogens (tertiary/aromatic N) is 1. The fourth-order valence-electron chi connectivity index (χ4n) is 3.12. The lowest BCUT2D eigenvalue weighted by molar-refractivity contribution is -0.137. The number of aliphatic carboxylic acids is 1. The first kappa shape index (κ1) is 25.9. The van der Waals surface area contributed by atoms with Crippen LogP contribution in [0.25, 0.3) is 0 Å². The Morgan fingerprint density at radius 1 is 0.778 bits per heavy atom. The predicted molar refractivity (Wildman–Crippen MR) is 110 cm³/mol. The number of aliphatic hydroxyl groups excluding tert-OH is 1. The van der Waals surface area contributed by atoms with Crippen LogP contribution in [-0.2, 0) is 9.59 Å². The van der Waals surface area contributed by atoms with E-state index in [4.69, 9.17) is 10.2 Å². The number of amides is 1. The maximum Gasteiger partial charge on any atom is 0.304 e. The molecule has 6 heteroatoms. The molecule has 0 aliphatic heterocycles. The molecule has 0 aromatic heterocycles. The average Bonchev–Trinajstić information content (AvgIpc) is 2.64. The summed E-state index contributed by atoms with van der Waals surface area (Å²) in [5.41, 5.74) is 0. The maximum atomic E-state index is 11.8. The van der Waals surface area contributed by atoms with Crippen LogP contribution >= 0.6 is 0 Å². The van der Waals surface area contributed by atoms with Gasteiger partial charge in [0.15, 0.2) is 0 Å². The zero-order valence-corrected chi connectivity index (χ0v) is 17.4. The normalized spacial score (nSPS) is 11.1. The molecule has 0 aromatic rings. The molecular weight excluding hydrogens is 344 g/mol. The summed E-state index contributed by atoms with van der Waals surface area (Å²) in [5.74, 6) is -0.786. The van der Waals surface area contributed by atoms with Gasteiger partial charge in [0.2, 0.25) is 5.91 Å². The van der Waals surface area contributed by atoms with Crippen molar-refractivity contribution in [3.8, 4) is 0 Å².